The van der Waals surface area contributed by atoms with Crippen molar-refractivity contribution in [2.24, 2.45) is 5.92 Å². The fourth-order valence-electron chi connectivity index (χ4n) is 0.633. The molecule has 2 unspecified atom stereocenters. The number of methoxy groups -OCH3 is 1. The van der Waals surface area contributed by atoms with Gasteiger partial charge in [0.05, 0.1) is 13.0 Å². The van der Waals surface area contributed by atoms with E-state index in [1.807, 2.05) is 13.0 Å². The average molecular weight is 188 g/mol. The molecule has 0 fully saturated rings. The summed E-state index contributed by atoms with van der Waals surface area (Å²) >= 11 is 1.71. The maximum absolute atomic E-state index is 11.0. The third-order valence-corrected chi connectivity index (χ3v) is 2.96. The minimum atomic E-state index is -0.140. The smallest absolute Gasteiger partial charge is 0.309 e. The zero-order valence-electron chi connectivity index (χ0n) is 7.87. The highest BCUT2D eigenvalue weighted by Gasteiger charge is 2.13. The molecule has 0 aromatic heterocycles. The topological polar surface area (TPSA) is 26.3 Å². The van der Waals surface area contributed by atoms with E-state index in [-0.39, 0.29) is 11.9 Å². The number of hydrogen-bond donors (Lipinski definition) is 0. The Balaban J connectivity index is 3.63. The summed E-state index contributed by atoms with van der Waals surface area (Å²) < 4.78 is 4.60. The molecule has 0 N–H and O–H groups in total. The lowest BCUT2D eigenvalue weighted by molar-refractivity contribution is -0.143. The maximum Gasteiger partial charge on any atom is 0.309 e. The minimum absolute atomic E-state index is 0.0256. The maximum atomic E-state index is 11.0. The van der Waals surface area contributed by atoms with Gasteiger partial charge in [0.25, 0.3) is 0 Å². The van der Waals surface area contributed by atoms with Gasteiger partial charge in [0.2, 0.25) is 0 Å². The van der Waals surface area contributed by atoms with Crippen LogP contribution in [0.3, 0.4) is 0 Å². The van der Waals surface area contributed by atoms with Crippen LogP contribution in [-0.2, 0) is 9.53 Å². The van der Waals surface area contributed by atoms with Crippen molar-refractivity contribution < 1.29 is 9.53 Å². The fourth-order valence-corrected chi connectivity index (χ4v) is 1.50. The average Bonchev–Trinajstić information content (AvgIpc) is 2.11. The predicted octanol–water partition coefficient (Wildman–Crippen LogP) is 2.10. The number of esters is 1. The van der Waals surface area contributed by atoms with Crippen LogP contribution in [0.5, 0.6) is 0 Å². The van der Waals surface area contributed by atoms with Gasteiger partial charge in [-0.05, 0) is 6.92 Å². The van der Waals surface area contributed by atoms with Gasteiger partial charge in [-0.3, -0.25) is 4.79 Å². The Morgan fingerprint density at radius 2 is 2.25 bits per heavy atom. The molecule has 2 nitrogen and oxygen atoms in total. The molecule has 0 amide bonds. The Morgan fingerprint density at radius 3 is 2.67 bits per heavy atom. The number of thioether (sulfide) groups is 1. The van der Waals surface area contributed by atoms with Crippen molar-refractivity contribution >= 4 is 17.7 Å². The van der Waals surface area contributed by atoms with Gasteiger partial charge in [-0.2, -0.15) is 11.8 Å². The lowest BCUT2D eigenvalue weighted by Crippen LogP contribution is -2.15. The summed E-state index contributed by atoms with van der Waals surface area (Å²) in [5.74, 6) is 0.626. The van der Waals surface area contributed by atoms with Crippen LogP contribution in [0.2, 0.25) is 0 Å². The first-order valence-corrected chi connectivity index (χ1v) is 4.98. The fraction of sp³-hybridized carbons (Fsp3) is 0.667. The molecule has 12 heavy (non-hydrogen) atoms. The number of carbonyl (C=O) groups excluding carboxylic acids is 1. The van der Waals surface area contributed by atoms with Gasteiger partial charge in [0.15, 0.2) is 0 Å². The lowest BCUT2D eigenvalue weighted by Gasteiger charge is -2.10. The van der Waals surface area contributed by atoms with E-state index in [1.54, 1.807) is 11.8 Å². The zero-order chi connectivity index (χ0) is 9.56. The lowest BCUT2D eigenvalue weighted by atomic mass is 10.2. The molecular weight excluding hydrogens is 172 g/mol. The van der Waals surface area contributed by atoms with Gasteiger partial charge >= 0.3 is 5.97 Å². The van der Waals surface area contributed by atoms with Crippen molar-refractivity contribution in [3.05, 3.63) is 12.7 Å². The first-order chi connectivity index (χ1) is 5.61. The van der Waals surface area contributed by atoms with Crippen LogP contribution in [0.1, 0.15) is 13.8 Å². The van der Waals surface area contributed by atoms with Gasteiger partial charge in [-0.15, -0.1) is 6.58 Å². The SMILES string of the molecule is C=CC(C)SCC(C)C(=O)OC. The molecule has 0 aliphatic carbocycles. The molecular formula is C9H16O2S. The quantitative estimate of drug-likeness (QED) is 0.488. The normalized spacial score (nSPS) is 14.9. The van der Waals surface area contributed by atoms with Crippen LogP contribution >= 0.6 is 11.8 Å². The van der Waals surface area contributed by atoms with Crippen molar-refractivity contribution in [3.63, 3.8) is 0 Å². The Labute approximate surface area is 78.4 Å². The van der Waals surface area contributed by atoms with E-state index in [0.717, 1.165) is 5.75 Å². The molecule has 0 aliphatic heterocycles. The molecule has 2 atom stereocenters. The summed E-state index contributed by atoms with van der Waals surface area (Å²) in [7, 11) is 1.42. The van der Waals surface area contributed by atoms with Crippen molar-refractivity contribution in [2.75, 3.05) is 12.9 Å². The van der Waals surface area contributed by atoms with Gasteiger partial charge in [0, 0.05) is 11.0 Å². The summed E-state index contributed by atoms with van der Waals surface area (Å²) in [5.41, 5.74) is 0. The molecule has 0 radical (unpaired) electrons. The monoisotopic (exact) mass is 188 g/mol. The van der Waals surface area contributed by atoms with Crippen LogP contribution in [0, 0.1) is 5.92 Å². The molecule has 0 spiro atoms. The summed E-state index contributed by atoms with van der Waals surface area (Å²) in [4.78, 5) is 11.0. The molecule has 0 heterocycles. The largest absolute Gasteiger partial charge is 0.469 e. The van der Waals surface area contributed by atoms with Crippen molar-refractivity contribution in [3.8, 4) is 0 Å². The second kappa shape index (κ2) is 6.12. The third kappa shape index (κ3) is 4.44. The number of ether oxygens (including phenoxy) is 1. The van der Waals surface area contributed by atoms with E-state index in [9.17, 15) is 4.79 Å². The highest BCUT2D eigenvalue weighted by atomic mass is 32.2. The predicted molar refractivity (Wildman–Crippen MR) is 53.3 cm³/mol. The minimum Gasteiger partial charge on any atom is -0.469 e. The Bertz CT molecular complexity index is 157. The Morgan fingerprint density at radius 1 is 1.67 bits per heavy atom. The standard InChI is InChI=1S/C9H16O2S/c1-5-8(3)12-6-7(2)9(10)11-4/h5,7-8H,1,6H2,2-4H3. The van der Waals surface area contributed by atoms with Crippen LogP contribution in [0.25, 0.3) is 0 Å². The Hall–Kier alpha value is -0.440. The molecule has 0 bridgehead atoms. The first-order valence-electron chi connectivity index (χ1n) is 3.93. The summed E-state index contributed by atoms with van der Waals surface area (Å²) in [5, 5.41) is 0.400. The van der Waals surface area contributed by atoms with Crippen LogP contribution in [0.15, 0.2) is 12.7 Å². The molecule has 0 aromatic carbocycles. The molecule has 0 aliphatic rings. The zero-order valence-corrected chi connectivity index (χ0v) is 8.69. The number of carbonyl (C=O) groups is 1. The number of rotatable bonds is 5. The van der Waals surface area contributed by atoms with Gasteiger partial charge in [0.1, 0.15) is 0 Å². The van der Waals surface area contributed by atoms with E-state index >= 15 is 0 Å². The molecule has 0 rings (SSSR count). The van der Waals surface area contributed by atoms with Crippen LogP contribution < -0.4 is 0 Å². The highest BCUT2D eigenvalue weighted by Crippen LogP contribution is 2.15. The summed E-state index contributed by atoms with van der Waals surface area (Å²) in [6, 6.07) is 0. The van der Waals surface area contributed by atoms with E-state index in [4.69, 9.17) is 0 Å². The summed E-state index contributed by atoms with van der Waals surface area (Å²) in [6.07, 6.45) is 1.87. The molecule has 70 valence electrons. The second-order valence-electron chi connectivity index (χ2n) is 2.70. The first kappa shape index (κ1) is 11.6. The van der Waals surface area contributed by atoms with Crippen molar-refractivity contribution in [1.29, 1.82) is 0 Å². The van der Waals surface area contributed by atoms with Crippen LogP contribution in [-0.4, -0.2) is 24.1 Å². The van der Waals surface area contributed by atoms with Gasteiger partial charge in [-0.1, -0.05) is 13.0 Å². The van der Waals surface area contributed by atoms with E-state index in [0.29, 0.717) is 5.25 Å². The third-order valence-electron chi connectivity index (χ3n) is 1.54. The van der Waals surface area contributed by atoms with Crippen LogP contribution in [0.4, 0.5) is 0 Å². The molecule has 0 saturated carbocycles. The van der Waals surface area contributed by atoms with Gasteiger partial charge in [-0.25, -0.2) is 0 Å². The Kier molecular flexibility index (Phi) is 5.89. The summed E-state index contributed by atoms with van der Waals surface area (Å²) in [6.45, 7) is 7.59. The van der Waals surface area contributed by atoms with E-state index in [2.05, 4.69) is 18.2 Å². The number of hydrogen-bond acceptors (Lipinski definition) is 3. The van der Waals surface area contributed by atoms with Gasteiger partial charge < -0.3 is 4.74 Å². The van der Waals surface area contributed by atoms with Crippen molar-refractivity contribution in [1.82, 2.24) is 0 Å². The highest BCUT2D eigenvalue weighted by molar-refractivity contribution is 8.00. The second-order valence-corrected chi connectivity index (χ2v) is 4.11. The molecule has 0 saturated heterocycles. The van der Waals surface area contributed by atoms with E-state index < -0.39 is 0 Å². The molecule has 0 aromatic rings. The van der Waals surface area contributed by atoms with E-state index in [1.165, 1.54) is 7.11 Å². The van der Waals surface area contributed by atoms with Crippen molar-refractivity contribution in [2.45, 2.75) is 19.1 Å². The molecule has 3 heteroatoms.